The van der Waals surface area contributed by atoms with Gasteiger partial charge in [0.15, 0.2) is 0 Å². The van der Waals surface area contributed by atoms with Gasteiger partial charge >= 0.3 is 0 Å². The molecule has 0 saturated heterocycles. The molecule has 1 aromatic rings. The summed E-state index contributed by atoms with van der Waals surface area (Å²) in [6.45, 7) is 0. The summed E-state index contributed by atoms with van der Waals surface area (Å²) >= 11 is 5.96. The maximum absolute atomic E-state index is 5.96. The van der Waals surface area contributed by atoms with Crippen LogP contribution < -0.4 is 11.3 Å². The number of hydrogen-bond acceptors (Lipinski definition) is 2. The van der Waals surface area contributed by atoms with E-state index in [0.717, 1.165) is 17.4 Å². The molecule has 15 heavy (non-hydrogen) atoms. The molecule has 0 bridgehead atoms. The summed E-state index contributed by atoms with van der Waals surface area (Å²) in [6.07, 6.45) is 5.19. The predicted molar refractivity (Wildman–Crippen MR) is 63.5 cm³/mol. The standard InChI is InChI=1S/C12H17ClN2/c13-11-6-2-5-10(8-11)12(15-14)7-9-3-1-4-9/h2,5-6,8-9,12,15H,1,3-4,7,14H2. The van der Waals surface area contributed by atoms with Crippen molar-refractivity contribution < 1.29 is 0 Å². The van der Waals surface area contributed by atoms with E-state index in [2.05, 4.69) is 11.5 Å². The average molecular weight is 225 g/mol. The minimum atomic E-state index is 0.244. The van der Waals surface area contributed by atoms with Gasteiger partial charge in [-0.15, -0.1) is 0 Å². The maximum Gasteiger partial charge on any atom is 0.0463 e. The fourth-order valence-electron chi connectivity index (χ4n) is 2.09. The van der Waals surface area contributed by atoms with Crippen LogP contribution in [0.25, 0.3) is 0 Å². The van der Waals surface area contributed by atoms with Crippen molar-refractivity contribution in [2.45, 2.75) is 31.7 Å². The van der Waals surface area contributed by atoms with Gasteiger partial charge in [0.25, 0.3) is 0 Å². The van der Waals surface area contributed by atoms with Crippen LogP contribution in [0.2, 0.25) is 5.02 Å². The second-order valence-electron chi connectivity index (χ2n) is 4.31. The molecule has 2 nitrogen and oxygen atoms in total. The molecular weight excluding hydrogens is 208 g/mol. The third-order valence-corrected chi connectivity index (χ3v) is 3.48. The van der Waals surface area contributed by atoms with E-state index in [1.54, 1.807) is 0 Å². The summed E-state index contributed by atoms with van der Waals surface area (Å²) < 4.78 is 0. The zero-order chi connectivity index (χ0) is 10.7. The molecule has 0 aliphatic heterocycles. The van der Waals surface area contributed by atoms with Crippen LogP contribution in [0.4, 0.5) is 0 Å². The molecule has 1 aliphatic carbocycles. The van der Waals surface area contributed by atoms with Crippen LogP contribution in [0.3, 0.4) is 0 Å². The van der Waals surface area contributed by atoms with E-state index in [1.807, 2.05) is 18.2 Å². The third kappa shape index (κ3) is 2.71. The van der Waals surface area contributed by atoms with Crippen LogP contribution in [-0.4, -0.2) is 0 Å². The Balaban J connectivity index is 2.04. The van der Waals surface area contributed by atoms with E-state index < -0.39 is 0 Å². The smallest absolute Gasteiger partial charge is 0.0463 e. The lowest BCUT2D eigenvalue weighted by Gasteiger charge is -2.29. The molecule has 1 aromatic carbocycles. The first-order valence-electron chi connectivity index (χ1n) is 5.51. The van der Waals surface area contributed by atoms with E-state index in [1.165, 1.54) is 24.8 Å². The van der Waals surface area contributed by atoms with Gasteiger partial charge in [-0.25, -0.2) is 0 Å². The summed E-state index contributed by atoms with van der Waals surface area (Å²) in [5.74, 6) is 6.43. The van der Waals surface area contributed by atoms with Gasteiger partial charge in [-0.1, -0.05) is 43.0 Å². The fraction of sp³-hybridized carbons (Fsp3) is 0.500. The highest BCUT2D eigenvalue weighted by molar-refractivity contribution is 6.30. The normalized spacial score (nSPS) is 18.5. The Labute approximate surface area is 95.8 Å². The van der Waals surface area contributed by atoms with Crippen LogP contribution in [0.15, 0.2) is 24.3 Å². The highest BCUT2D eigenvalue weighted by Crippen LogP contribution is 2.34. The number of hydrogen-bond donors (Lipinski definition) is 2. The first kappa shape index (κ1) is 10.9. The third-order valence-electron chi connectivity index (χ3n) is 3.25. The summed E-state index contributed by atoms with van der Waals surface area (Å²) in [5.41, 5.74) is 4.08. The second-order valence-corrected chi connectivity index (χ2v) is 4.74. The van der Waals surface area contributed by atoms with Crippen molar-refractivity contribution in [2.24, 2.45) is 11.8 Å². The summed E-state index contributed by atoms with van der Waals surface area (Å²) in [6, 6.07) is 8.18. The van der Waals surface area contributed by atoms with Crippen molar-refractivity contribution in [3.63, 3.8) is 0 Å². The van der Waals surface area contributed by atoms with Gasteiger partial charge in [-0.05, 0) is 30.0 Å². The molecule has 1 saturated carbocycles. The number of rotatable bonds is 4. The van der Waals surface area contributed by atoms with Crippen LogP contribution >= 0.6 is 11.6 Å². The summed E-state index contributed by atoms with van der Waals surface area (Å²) in [7, 11) is 0. The van der Waals surface area contributed by atoms with E-state index in [9.17, 15) is 0 Å². The van der Waals surface area contributed by atoms with Crippen LogP contribution in [0, 0.1) is 5.92 Å². The van der Waals surface area contributed by atoms with Gasteiger partial charge in [-0.2, -0.15) is 0 Å². The molecule has 2 rings (SSSR count). The zero-order valence-electron chi connectivity index (χ0n) is 8.75. The quantitative estimate of drug-likeness (QED) is 0.610. The van der Waals surface area contributed by atoms with Crippen molar-refractivity contribution in [1.29, 1.82) is 0 Å². The number of halogens is 1. The minimum absolute atomic E-state index is 0.244. The van der Waals surface area contributed by atoms with Crippen molar-refractivity contribution in [1.82, 2.24) is 5.43 Å². The van der Waals surface area contributed by atoms with E-state index in [-0.39, 0.29) is 6.04 Å². The maximum atomic E-state index is 5.96. The molecule has 3 N–H and O–H groups in total. The molecule has 0 heterocycles. The van der Waals surface area contributed by atoms with E-state index >= 15 is 0 Å². The molecule has 1 unspecified atom stereocenters. The summed E-state index contributed by atoms with van der Waals surface area (Å²) in [5, 5.41) is 0.779. The van der Waals surface area contributed by atoms with Crippen LogP contribution in [0.1, 0.15) is 37.3 Å². The first-order chi connectivity index (χ1) is 7.29. The van der Waals surface area contributed by atoms with Gasteiger partial charge < -0.3 is 0 Å². The van der Waals surface area contributed by atoms with Crippen LogP contribution in [-0.2, 0) is 0 Å². The minimum Gasteiger partial charge on any atom is -0.271 e. The number of hydrazine groups is 1. The Morgan fingerprint density at radius 1 is 1.47 bits per heavy atom. The van der Waals surface area contributed by atoms with Gasteiger partial charge in [-0.3, -0.25) is 11.3 Å². The number of benzene rings is 1. The SMILES string of the molecule is NNC(CC1CCC1)c1cccc(Cl)c1. The molecule has 0 aromatic heterocycles. The Hall–Kier alpha value is -0.570. The monoisotopic (exact) mass is 224 g/mol. The van der Waals surface area contributed by atoms with Gasteiger partial charge in [0, 0.05) is 11.1 Å². The Morgan fingerprint density at radius 3 is 2.80 bits per heavy atom. The summed E-state index contributed by atoms with van der Waals surface area (Å²) in [4.78, 5) is 0. The number of nitrogens with one attached hydrogen (secondary N) is 1. The largest absolute Gasteiger partial charge is 0.271 e. The predicted octanol–water partition coefficient (Wildman–Crippen LogP) is 3.03. The van der Waals surface area contributed by atoms with E-state index in [4.69, 9.17) is 17.4 Å². The molecule has 1 atom stereocenters. The van der Waals surface area contributed by atoms with Crippen LogP contribution in [0.5, 0.6) is 0 Å². The average Bonchev–Trinajstić information content (AvgIpc) is 2.16. The lowest BCUT2D eigenvalue weighted by Crippen LogP contribution is -2.31. The van der Waals surface area contributed by atoms with Crippen molar-refractivity contribution in [3.05, 3.63) is 34.9 Å². The highest BCUT2D eigenvalue weighted by atomic mass is 35.5. The van der Waals surface area contributed by atoms with Gasteiger partial charge in [0.1, 0.15) is 0 Å². The Morgan fingerprint density at radius 2 is 2.27 bits per heavy atom. The molecule has 1 aliphatic rings. The molecule has 82 valence electrons. The van der Waals surface area contributed by atoms with Gasteiger partial charge in [0.2, 0.25) is 0 Å². The molecule has 1 fully saturated rings. The molecule has 3 heteroatoms. The Bertz CT molecular complexity index is 323. The molecule has 0 radical (unpaired) electrons. The van der Waals surface area contributed by atoms with Gasteiger partial charge in [0.05, 0.1) is 0 Å². The fourth-order valence-corrected chi connectivity index (χ4v) is 2.28. The lowest BCUT2D eigenvalue weighted by atomic mass is 9.80. The van der Waals surface area contributed by atoms with Crippen molar-refractivity contribution >= 4 is 11.6 Å². The first-order valence-corrected chi connectivity index (χ1v) is 5.89. The molecule has 0 spiro atoms. The Kier molecular flexibility index (Phi) is 3.62. The van der Waals surface area contributed by atoms with Crippen molar-refractivity contribution in [2.75, 3.05) is 0 Å². The second kappa shape index (κ2) is 4.97. The molecule has 0 amide bonds. The van der Waals surface area contributed by atoms with Crippen molar-refractivity contribution in [3.8, 4) is 0 Å². The topological polar surface area (TPSA) is 38.0 Å². The van der Waals surface area contributed by atoms with E-state index in [0.29, 0.717) is 0 Å². The molecular formula is C12H17ClN2. The highest BCUT2D eigenvalue weighted by Gasteiger charge is 2.22. The number of nitrogens with two attached hydrogens (primary N) is 1. The lowest BCUT2D eigenvalue weighted by molar-refractivity contribution is 0.262. The zero-order valence-corrected chi connectivity index (χ0v) is 9.50.